The van der Waals surface area contributed by atoms with E-state index in [1.807, 2.05) is 79.9 Å². The van der Waals surface area contributed by atoms with Crippen molar-refractivity contribution in [2.45, 2.75) is 27.3 Å². The zero-order valence-corrected chi connectivity index (χ0v) is 16.8. The predicted octanol–water partition coefficient (Wildman–Crippen LogP) is 5.04. The van der Waals surface area contributed by atoms with Crippen LogP contribution in [0, 0.1) is 20.8 Å². The Hall–Kier alpha value is -3.12. The van der Waals surface area contributed by atoms with Crippen molar-refractivity contribution in [3.63, 3.8) is 0 Å². The molecular weight excluding hydrogens is 370 g/mol. The molecule has 0 unspecified atom stereocenters. The number of imidazole rings is 1. The van der Waals surface area contributed by atoms with Crippen LogP contribution < -0.4 is 10.1 Å². The van der Waals surface area contributed by atoms with Gasteiger partial charge in [0.05, 0.1) is 5.69 Å². The van der Waals surface area contributed by atoms with E-state index in [2.05, 4.69) is 10.3 Å². The van der Waals surface area contributed by atoms with Crippen LogP contribution in [0.15, 0.2) is 54.7 Å². The van der Waals surface area contributed by atoms with Gasteiger partial charge in [0.15, 0.2) is 4.96 Å². The molecule has 0 aliphatic carbocycles. The van der Waals surface area contributed by atoms with Gasteiger partial charge in [-0.25, -0.2) is 4.98 Å². The third-order valence-corrected chi connectivity index (χ3v) is 5.34. The van der Waals surface area contributed by atoms with Crippen LogP contribution in [0.2, 0.25) is 0 Å². The Morgan fingerprint density at radius 3 is 2.68 bits per heavy atom. The van der Waals surface area contributed by atoms with Gasteiger partial charge in [-0.15, -0.1) is 11.3 Å². The van der Waals surface area contributed by atoms with Crippen LogP contribution in [0.4, 0.5) is 0 Å². The maximum absolute atomic E-state index is 12.7. The summed E-state index contributed by atoms with van der Waals surface area (Å²) in [4.78, 5) is 19.2. The zero-order valence-electron chi connectivity index (χ0n) is 16.0. The van der Waals surface area contributed by atoms with Crippen molar-refractivity contribution in [1.29, 1.82) is 0 Å². The number of carbonyl (C=O) groups excluding carboxylic acids is 1. The topological polar surface area (TPSA) is 55.6 Å². The summed E-state index contributed by atoms with van der Waals surface area (Å²) in [5.41, 5.74) is 3.48. The summed E-state index contributed by atoms with van der Waals surface area (Å²) in [6.45, 7) is 6.33. The monoisotopic (exact) mass is 391 g/mol. The molecular formula is C22H21N3O2S. The first-order valence-corrected chi connectivity index (χ1v) is 9.88. The summed E-state index contributed by atoms with van der Waals surface area (Å²) in [5, 5.41) is 2.99. The van der Waals surface area contributed by atoms with E-state index in [1.54, 1.807) is 11.3 Å². The van der Waals surface area contributed by atoms with Crippen LogP contribution in [0.1, 0.15) is 32.2 Å². The average molecular weight is 391 g/mol. The molecule has 4 aromatic rings. The molecule has 0 aliphatic rings. The summed E-state index contributed by atoms with van der Waals surface area (Å²) in [7, 11) is 0. The van der Waals surface area contributed by atoms with Gasteiger partial charge in [-0.05, 0) is 50.6 Å². The highest BCUT2D eigenvalue weighted by Crippen LogP contribution is 2.23. The first-order valence-electron chi connectivity index (χ1n) is 9.06. The summed E-state index contributed by atoms with van der Waals surface area (Å²) < 4.78 is 7.77. The fraction of sp³-hybridized carbons (Fsp3) is 0.182. The number of ether oxygens (including phenoxy) is 1. The zero-order chi connectivity index (χ0) is 19.7. The number of benzene rings is 2. The van der Waals surface area contributed by atoms with Gasteiger partial charge >= 0.3 is 0 Å². The molecule has 28 heavy (non-hydrogen) atoms. The predicted molar refractivity (Wildman–Crippen MR) is 111 cm³/mol. The summed E-state index contributed by atoms with van der Waals surface area (Å²) in [5.74, 6) is 1.40. The smallest absolute Gasteiger partial charge is 0.270 e. The van der Waals surface area contributed by atoms with Gasteiger partial charge in [-0.1, -0.05) is 29.8 Å². The minimum absolute atomic E-state index is 0.132. The Kier molecular flexibility index (Phi) is 4.88. The van der Waals surface area contributed by atoms with Gasteiger partial charge in [0.25, 0.3) is 5.91 Å². The Morgan fingerprint density at radius 2 is 1.89 bits per heavy atom. The lowest BCUT2D eigenvalue weighted by molar-refractivity contribution is 0.0944. The van der Waals surface area contributed by atoms with E-state index in [0.29, 0.717) is 12.2 Å². The van der Waals surface area contributed by atoms with Crippen molar-refractivity contribution < 1.29 is 9.53 Å². The molecule has 0 bridgehead atoms. The lowest BCUT2D eigenvalue weighted by Crippen LogP contribution is -2.24. The number of thiazole rings is 1. The molecule has 0 saturated carbocycles. The van der Waals surface area contributed by atoms with E-state index < -0.39 is 0 Å². The number of aromatic nitrogens is 2. The fourth-order valence-corrected chi connectivity index (χ4v) is 3.94. The van der Waals surface area contributed by atoms with Gasteiger partial charge in [0.1, 0.15) is 17.2 Å². The maximum atomic E-state index is 12.7. The number of nitrogens with one attached hydrogen (secondary N) is 1. The SMILES string of the molecule is Cc1ccc(Oc2cccc(CNC(=O)c3c(C)nc4sc(C)cn34)c2)cc1. The molecule has 1 N–H and O–H groups in total. The molecule has 1 amide bonds. The van der Waals surface area contributed by atoms with E-state index in [-0.39, 0.29) is 5.91 Å². The van der Waals surface area contributed by atoms with E-state index in [9.17, 15) is 4.79 Å². The first kappa shape index (κ1) is 18.3. The number of hydrogen-bond donors (Lipinski definition) is 1. The van der Waals surface area contributed by atoms with E-state index in [4.69, 9.17) is 4.74 Å². The molecule has 0 saturated heterocycles. The van der Waals surface area contributed by atoms with Gasteiger partial charge in [0, 0.05) is 17.6 Å². The lowest BCUT2D eigenvalue weighted by Gasteiger charge is -2.09. The first-order chi connectivity index (χ1) is 13.5. The number of carbonyl (C=O) groups is 1. The largest absolute Gasteiger partial charge is 0.457 e. The molecule has 4 rings (SSSR count). The molecule has 2 aromatic carbocycles. The van der Waals surface area contributed by atoms with Gasteiger partial charge in [-0.2, -0.15) is 0 Å². The van der Waals surface area contributed by atoms with Crippen LogP contribution in [0.5, 0.6) is 11.5 Å². The highest BCUT2D eigenvalue weighted by Gasteiger charge is 2.17. The summed E-state index contributed by atoms with van der Waals surface area (Å²) >= 11 is 1.58. The van der Waals surface area contributed by atoms with Crippen LogP contribution in [-0.2, 0) is 6.54 Å². The standard InChI is InChI=1S/C22H21N3O2S/c1-14-7-9-18(10-8-14)27-19-6-4-5-17(11-19)12-23-21(26)20-16(3)24-22-25(20)13-15(2)28-22/h4-11,13H,12H2,1-3H3,(H,23,26). The van der Waals surface area contributed by atoms with Crippen molar-refractivity contribution >= 4 is 22.2 Å². The van der Waals surface area contributed by atoms with Crippen molar-refractivity contribution in [3.05, 3.63) is 82.1 Å². The summed E-state index contributed by atoms with van der Waals surface area (Å²) in [6.07, 6.45) is 1.95. The average Bonchev–Trinajstić information content (AvgIpc) is 3.16. The lowest BCUT2D eigenvalue weighted by atomic mass is 10.2. The second kappa shape index (κ2) is 7.48. The van der Waals surface area contributed by atoms with E-state index in [0.717, 1.165) is 32.6 Å². The number of nitrogens with zero attached hydrogens (tertiary/aromatic N) is 2. The maximum Gasteiger partial charge on any atom is 0.270 e. The minimum atomic E-state index is -0.132. The molecule has 0 aliphatic heterocycles. The van der Waals surface area contributed by atoms with Crippen LogP contribution >= 0.6 is 11.3 Å². The minimum Gasteiger partial charge on any atom is -0.457 e. The van der Waals surface area contributed by atoms with Gasteiger partial charge in [-0.3, -0.25) is 9.20 Å². The second-order valence-electron chi connectivity index (χ2n) is 6.79. The van der Waals surface area contributed by atoms with Crippen molar-refractivity contribution in [2.75, 3.05) is 0 Å². The van der Waals surface area contributed by atoms with Crippen molar-refractivity contribution in [1.82, 2.24) is 14.7 Å². The number of hydrogen-bond acceptors (Lipinski definition) is 4. The molecule has 2 heterocycles. The Labute approximate surface area is 167 Å². The Bertz CT molecular complexity index is 1140. The normalized spacial score (nSPS) is 11.0. The third kappa shape index (κ3) is 3.77. The molecule has 0 fully saturated rings. The van der Waals surface area contributed by atoms with Gasteiger partial charge in [0.2, 0.25) is 0 Å². The van der Waals surface area contributed by atoms with Crippen LogP contribution in [0.3, 0.4) is 0 Å². The molecule has 142 valence electrons. The van der Waals surface area contributed by atoms with Crippen LogP contribution in [-0.4, -0.2) is 15.3 Å². The summed E-state index contributed by atoms with van der Waals surface area (Å²) in [6, 6.07) is 15.7. The molecule has 0 radical (unpaired) electrons. The molecule has 0 atom stereocenters. The highest BCUT2D eigenvalue weighted by molar-refractivity contribution is 7.17. The molecule has 6 heteroatoms. The second-order valence-corrected chi connectivity index (χ2v) is 8.00. The van der Waals surface area contributed by atoms with E-state index in [1.165, 1.54) is 5.56 Å². The highest BCUT2D eigenvalue weighted by atomic mass is 32.1. The molecule has 5 nitrogen and oxygen atoms in total. The van der Waals surface area contributed by atoms with Crippen LogP contribution in [0.25, 0.3) is 4.96 Å². The number of fused-ring (bicyclic) bond motifs is 1. The van der Waals surface area contributed by atoms with Gasteiger partial charge < -0.3 is 10.1 Å². The third-order valence-electron chi connectivity index (χ3n) is 4.44. The Balaban J connectivity index is 1.46. The number of aryl methyl sites for hydroxylation is 3. The fourth-order valence-electron chi connectivity index (χ4n) is 3.07. The Morgan fingerprint density at radius 1 is 1.11 bits per heavy atom. The number of amides is 1. The van der Waals surface area contributed by atoms with E-state index >= 15 is 0 Å². The quantitative estimate of drug-likeness (QED) is 0.518. The van der Waals surface area contributed by atoms with Crippen molar-refractivity contribution in [3.8, 4) is 11.5 Å². The molecule has 0 spiro atoms. The molecule has 2 aromatic heterocycles. The number of rotatable bonds is 5. The van der Waals surface area contributed by atoms with Crippen molar-refractivity contribution in [2.24, 2.45) is 0 Å².